The molecule has 0 spiro atoms. The van der Waals surface area contributed by atoms with Gasteiger partial charge in [-0.1, -0.05) is 11.3 Å². The second kappa shape index (κ2) is 5.68. The van der Waals surface area contributed by atoms with Crippen LogP contribution in [0.2, 0.25) is 0 Å². The van der Waals surface area contributed by atoms with Crippen molar-refractivity contribution >= 4 is 28.2 Å². The average molecular weight is 323 g/mol. The molecule has 6 nitrogen and oxygen atoms in total. The molecular formula is C11H16F3N5OS. The van der Waals surface area contributed by atoms with E-state index in [0.717, 1.165) is 24.8 Å². The van der Waals surface area contributed by atoms with Crippen molar-refractivity contribution in [3.05, 3.63) is 4.88 Å². The van der Waals surface area contributed by atoms with Gasteiger partial charge in [-0.2, -0.15) is 13.2 Å². The van der Waals surface area contributed by atoms with Crippen molar-refractivity contribution in [2.24, 2.45) is 5.73 Å². The minimum Gasteiger partial charge on any atom is -0.382 e. The number of anilines is 2. The van der Waals surface area contributed by atoms with Crippen LogP contribution in [-0.2, 0) is 0 Å². The average Bonchev–Trinajstić information content (AvgIpc) is 2.92. The SMILES string of the molecule is CN(CC(F)(F)F)C(=O)c1sc(N2CCC(N)C2)nc1N. The highest BCUT2D eigenvalue weighted by atomic mass is 32.1. The number of halogens is 3. The van der Waals surface area contributed by atoms with Crippen LogP contribution in [0.1, 0.15) is 16.1 Å². The van der Waals surface area contributed by atoms with Crippen molar-refractivity contribution in [2.45, 2.75) is 18.6 Å². The Morgan fingerprint density at radius 1 is 1.57 bits per heavy atom. The molecule has 4 N–H and O–H groups in total. The smallest absolute Gasteiger partial charge is 0.382 e. The Kier molecular flexibility index (Phi) is 4.28. The first kappa shape index (κ1) is 15.8. The highest BCUT2D eigenvalue weighted by Gasteiger charge is 2.33. The summed E-state index contributed by atoms with van der Waals surface area (Å²) < 4.78 is 37.0. The number of nitrogens with two attached hydrogens (primary N) is 2. The molecular weight excluding hydrogens is 307 g/mol. The van der Waals surface area contributed by atoms with Crippen LogP contribution in [0.4, 0.5) is 24.1 Å². The minimum absolute atomic E-state index is 0.0252. The van der Waals surface area contributed by atoms with Crippen LogP contribution < -0.4 is 16.4 Å². The van der Waals surface area contributed by atoms with Crippen LogP contribution in [0, 0.1) is 0 Å². The molecule has 0 bridgehead atoms. The van der Waals surface area contributed by atoms with Gasteiger partial charge in [0.15, 0.2) is 5.13 Å². The maximum absolute atomic E-state index is 12.3. The molecule has 0 aromatic carbocycles. The van der Waals surface area contributed by atoms with Crippen LogP contribution in [0.3, 0.4) is 0 Å². The second-order valence-corrected chi connectivity index (χ2v) is 5.96. The van der Waals surface area contributed by atoms with E-state index in [1.807, 2.05) is 4.90 Å². The number of hydrogen-bond donors (Lipinski definition) is 2. The molecule has 21 heavy (non-hydrogen) atoms. The standard InChI is InChI=1S/C11H16F3N5OS/c1-18(5-11(12,13)14)9(20)7-8(16)17-10(21-7)19-3-2-6(15)4-19/h6H,2-5,15-16H2,1H3. The van der Waals surface area contributed by atoms with Gasteiger partial charge in [0.1, 0.15) is 17.2 Å². The monoisotopic (exact) mass is 323 g/mol. The van der Waals surface area contributed by atoms with E-state index in [9.17, 15) is 18.0 Å². The number of thiazole rings is 1. The van der Waals surface area contributed by atoms with Crippen LogP contribution in [0.25, 0.3) is 0 Å². The van der Waals surface area contributed by atoms with Gasteiger partial charge in [0.05, 0.1) is 0 Å². The fourth-order valence-corrected chi connectivity index (χ4v) is 3.10. The van der Waals surface area contributed by atoms with Gasteiger partial charge in [0.2, 0.25) is 0 Å². The predicted octanol–water partition coefficient (Wildman–Crippen LogP) is 0.897. The zero-order chi connectivity index (χ0) is 15.8. The molecule has 10 heteroatoms. The van der Waals surface area contributed by atoms with E-state index in [0.29, 0.717) is 23.1 Å². The first-order valence-electron chi connectivity index (χ1n) is 6.26. The summed E-state index contributed by atoms with van der Waals surface area (Å²) in [6.07, 6.45) is -3.65. The number of rotatable bonds is 3. The van der Waals surface area contributed by atoms with E-state index in [2.05, 4.69) is 4.98 Å². The van der Waals surface area contributed by atoms with Crippen molar-refractivity contribution in [3.63, 3.8) is 0 Å². The summed E-state index contributed by atoms with van der Waals surface area (Å²) in [4.78, 5) is 18.6. The third-order valence-corrected chi connectivity index (χ3v) is 4.21. The second-order valence-electron chi connectivity index (χ2n) is 4.98. The summed E-state index contributed by atoms with van der Waals surface area (Å²) in [6.45, 7) is -0.0355. The lowest BCUT2D eigenvalue weighted by Crippen LogP contribution is -2.35. The van der Waals surface area contributed by atoms with Crippen LogP contribution >= 0.6 is 11.3 Å². The van der Waals surface area contributed by atoms with Crippen molar-refractivity contribution in [3.8, 4) is 0 Å². The lowest BCUT2D eigenvalue weighted by Gasteiger charge is -2.18. The number of aromatic nitrogens is 1. The van der Waals surface area contributed by atoms with E-state index in [1.165, 1.54) is 0 Å². The van der Waals surface area contributed by atoms with Crippen molar-refractivity contribution < 1.29 is 18.0 Å². The molecule has 1 amide bonds. The van der Waals surface area contributed by atoms with Gasteiger partial charge >= 0.3 is 6.18 Å². The fraction of sp³-hybridized carbons (Fsp3) is 0.636. The molecule has 1 unspecified atom stereocenters. The molecule has 0 radical (unpaired) electrons. The van der Waals surface area contributed by atoms with Gasteiger partial charge in [-0.05, 0) is 6.42 Å². The molecule has 0 aliphatic carbocycles. The molecule has 1 aromatic heterocycles. The molecule has 1 aliphatic heterocycles. The Balaban J connectivity index is 2.13. The van der Waals surface area contributed by atoms with E-state index in [4.69, 9.17) is 11.5 Å². The largest absolute Gasteiger partial charge is 0.406 e. The lowest BCUT2D eigenvalue weighted by atomic mass is 10.3. The summed E-state index contributed by atoms with van der Waals surface area (Å²) in [5.74, 6) is -0.827. The Morgan fingerprint density at radius 3 is 2.76 bits per heavy atom. The predicted molar refractivity (Wildman–Crippen MR) is 74.3 cm³/mol. The molecule has 1 saturated heterocycles. The molecule has 1 fully saturated rings. The van der Waals surface area contributed by atoms with Crippen LogP contribution in [-0.4, -0.2) is 54.7 Å². The molecule has 2 heterocycles. The minimum atomic E-state index is -4.45. The maximum atomic E-state index is 12.3. The number of carbonyl (C=O) groups excluding carboxylic acids is 1. The number of nitrogens with zero attached hydrogens (tertiary/aromatic N) is 3. The van der Waals surface area contributed by atoms with Crippen molar-refractivity contribution in [1.29, 1.82) is 0 Å². The van der Waals surface area contributed by atoms with Crippen molar-refractivity contribution in [2.75, 3.05) is 37.3 Å². The molecule has 0 saturated carbocycles. The highest BCUT2D eigenvalue weighted by molar-refractivity contribution is 7.18. The van der Waals surface area contributed by atoms with E-state index in [1.54, 1.807) is 0 Å². The molecule has 1 atom stereocenters. The van der Waals surface area contributed by atoms with E-state index < -0.39 is 18.6 Å². The molecule has 1 aromatic rings. The first-order chi connectivity index (χ1) is 9.67. The van der Waals surface area contributed by atoms with Gasteiger partial charge in [0, 0.05) is 26.2 Å². The lowest BCUT2D eigenvalue weighted by molar-refractivity contribution is -0.138. The maximum Gasteiger partial charge on any atom is 0.406 e. The quantitative estimate of drug-likeness (QED) is 0.863. The normalized spacial score (nSPS) is 19.1. The van der Waals surface area contributed by atoms with Gasteiger partial charge in [-0.25, -0.2) is 4.98 Å². The molecule has 118 valence electrons. The number of hydrogen-bond acceptors (Lipinski definition) is 6. The third-order valence-electron chi connectivity index (χ3n) is 3.09. The highest BCUT2D eigenvalue weighted by Crippen LogP contribution is 2.31. The number of alkyl halides is 3. The van der Waals surface area contributed by atoms with Gasteiger partial charge < -0.3 is 21.3 Å². The van der Waals surface area contributed by atoms with Gasteiger partial charge in [-0.3, -0.25) is 4.79 Å². The van der Waals surface area contributed by atoms with Crippen LogP contribution in [0.15, 0.2) is 0 Å². The van der Waals surface area contributed by atoms with Gasteiger partial charge in [-0.15, -0.1) is 0 Å². The van der Waals surface area contributed by atoms with Gasteiger partial charge in [0.25, 0.3) is 5.91 Å². The summed E-state index contributed by atoms with van der Waals surface area (Å²) in [6, 6.07) is 0.0298. The Bertz CT molecular complexity index is 532. The Labute approximate surface area is 123 Å². The zero-order valence-corrected chi connectivity index (χ0v) is 12.2. The number of nitrogen functional groups attached to an aromatic ring is 1. The molecule has 2 rings (SSSR count). The first-order valence-corrected chi connectivity index (χ1v) is 7.08. The topological polar surface area (TPSA) is 88.5 Å². The van der Waals surface area contributed by atoms with Crippen LogP contribution in [0.5, 0.6) is 0 Å². The Morgan fingerprint density at radius 2 is 2.24 bits per heavy atom. The van der Waals surface area contributed by atoms with E-state index in [-0.39, 0.29) is 16.7 Å². The summed E-state index contributed by atoms with van der Waals surface area (Å²) in [5.41, 5.74) is 11.4. The summed E-state index contributed by atoms with van der Waals surface area (Å²) in [7, 11) is 1.08. The fourth-order valence-electron chi connectivity index (χ4n) is 2.08. The third kappa shape index (κ3) is 3.76. The summed E-state index contributed by atoms with van der Waals surface area (Å²) in [5, 5.41) is 0.518. The summed E-state index contributed by atoms with van der Waals surface area (Å²) >= 11 is 0.997. The number of carbonyl (C=O) groups is 1. The zero-order valence-electron chi connectivity index (χ0n) is 11.4. The molecule has 1 aliphatic rings. The Hall–Kier alpha value is -1.55. The number of amides is 1. The van der Waals surface area contributed by atoms with Crippen molar-refractivity contribution in [1.82, 2.24) is 9.88 Å². The van der Waals surface area contributed by atoms with E-state index >= 15 is 0 Å².